The molecular weight excluding hydrogens is 194 g/mol. The summed E-state index contributed by atoms with van der Waals surface area (Å²) < 4.78 is 16.9. The Balaban J connectivity index is 3.09. The van der Waals surface area contributed by atoms with Gasteiger partial charge in [-0.2, -0.15) is 0 Å². The molecule has 0 saturated carbocycles. The van der Waals surface area contributed by atoms with Crippen LogP contribution in [0.4, 0.5) is 4.39 Å². The van der Waals surface area contributed by atoms with Crippen molar-refractivity contribution in [3.05, 3.63) is 29.6 Å². The van der Waals surface area contributed by atoms with Gasteiger partial charge in [0.1, 0.15) is 11.6 Å². The first-order chi connectivity index (χ1) is 6.50. The van der Waals surface area contributed by atoms with Crippen LogP contribution < -0.4 is 4.65 Å². The van der Waals surface area contributed by atoms with Crippen molar-refractivity contribution in [1.29, 1.82) is 0 Å². The molecule has 0 atom stereocenters. The summed E-state index contributed by atoms with van der Waals surface area (Å²) in [6, 6.07) is 2.65. The van der Waals surface area contributed by atoms with E-state index in [0.29, 0.717) is 0 Å². The summed E-state index contributed by atoms with van der Waals surface area (Å²) in [6.07, 6.45) is 0. The molecule has 0 heterocycles. The quantitative estimate of drug-likeness (QED) is 0.591. The topological polar surface area (TPSA) is 87.0 Å². The molecule has 5 nitrogen and oxygen atoms in total. The standard InChI is InChI=1S/C7H6BFO5/c9-4-1-2-5(7(10)11)6(3-4)14-8(12)13/h1-3,12-13H,(H,10,11). The molecule has 0 saturated heterocycles. The Hall–Kier alpha value is -1.60. The number of rotatable bonds is 3. The second-order valence-corrected chi connectivity index (χ2v) is 2.39. The molecule has 1 aromatic carbocycles. The van der Waals surface area contributed by atoms with Crippen molar-refractivity contribution in [2.24, 2.45) is 0 Å². The van der Waals surface area contributed by atoms with Crippen LogP contribution in [0.5, 0.6) is 5.75 Å². The fraction of sp³-hybridized carbons (Fsp3) is 0. The normalized spacial score (nSPS) is 9.64. The lowest BCUT2D eigenvalue weighted by molar-refractivity contribution is 0.0694. The maximum atomic E-state index is 12.6. The molecule has 1 aromatic rings. The lowest BCUT2D eigenvalue weighted by atomic mass is 10.1. The second-order valence-electron chi connectivity index (χ2n) is 2.39. The SMILES string of the molecule is O=C(O)c1ccc(F)cc1OB(O)O. The van der Waals surface area contributed by atoms with Crippen molar-refractivity contribution in [2.45, 2.75) is 0 Å². The molecule has 3 N–H and O–H groups in total. The molecule has 0 aliphatic heterocycles. The minimum Gasteiger partial charge on any atom is -0.511 e. The first-order valence-corrected chi connectivity index (χ1v) is 3.56. The Kier molecular flexibility index (Phi) is 3.05. The van der Waals surface area contributed by atoms with Gasteiger partial charge >= 0.3 is 13.3 Å². The van der Waals surface area contributed by atoms with Crippen LogP contribution in [0.2, 0.25) is 0 Å². The molecule has 1 rings (SSSR count). The fourth-order valence-corrected chi connectivity index (χ4v) is 0.884. The Labute approximate surface area is 78.5 Å². The van der Waals surface area contributed by atoms with Gasteiger partial charge in [0.2, 0.25) is 0 Å². The summed E-state index contributed by atoms with van der Waals surface area (Å²) in [5.74, 6) is -2.51. The number of halogens is 1. The van der Waals surface area contributed by atoms with E-state index in [-0.39, 0.29) is 5.56 Å². The highest BCUT2D eigenvalue weighted by molar-refractivity contribution is 6.34. The second kappa shape index (κ2) is 4.08. The van der Waals surface area contributed by atoms with E-state index in [4.69, 9.17) is 15.2 Å². The molecule has 0 bridgehead atoms. The molecule has 14 heavy (non-hydrogen) atoms. The third-order valence-corrected chi connectivity index (χ3v) is 1.41. The molecule has 0 radical (unpaired) electrons. The van der Waals surface area contributed by atoms with Gasteiger partial charge < -0.3 is 19.8 Å². The van der Waals surface area contributed by atoms with Crippen molar-refractivity contribution < 1.29 is 29.0 Å². The first-order valence-electron chi connectivity index (χ1n) is 3.56. The zero-order valence-corrected chi connectivity index (χ0v) is 6.85. The molecular formula is C7H6BFO5. The van der Waals surface area contributed by atoms with Crippen LogP contribution in [0.3, 0.4) is 0 Å². The van der Waals surface area contributed by atoms with Gasteiger partial charge in [-0.25, -0.2) is 9.18 Å². The molecule has 7 heteroatoms. The zero-order valence-electron chi connectivity index (χ0n) is 6.85. The molecule has 0 aliphatic carbocycles. The van der Waals surface area contributed by atoms with E-state index in [2.05, 4.69) is 4.65 Å². The van der Waals surface area contributed by atoms with Crippen LogP contribution in [0.15, 0.2) is 18.2 Å². The highest BCUT2D eigenvalue weighted by Crippen LogP contribution is 2.19. The van der Waals surface area contributed by atoms with Crippen molar-refractivity contribution >= 4 is 13.3 Å². The zero-order chi connectivity index (χ0) is 10.7. The summed E-state index contributed by atoms with van der Waals surface area (Å²) in [4.78, 5) is 10.5. The number of carboxylic acid groups (broad SMARTS) is 1. The molecule has 0 aliphatic rings. The summed E-state index contributed by atoms with van der Waals surface area (Å²) in [7, 11) is -2.19. The average molecular weight is 200 g/mol. The third kappa shape index (κ3) is 2.44. The fourth-order valence-electron chi connectivity index (χ4n) is 0.884. The molecule has 0 spiro atoms. The number of carbonyl (C=O) groups is 1. The highest BCUT2D eigenvalue weighted by atomic mass is 19.1. The van der Waals surface area contributed by atoms with E-state index in [1.54, 1.807) is 0 Å². The largest absolute Gasteiger partial charge is 0.707 e. The van der Waals surface area contributed by atoms with E-state index in [9.17, 15) is 9.18 Å². The number of hydrogen-bond acceptors (Lipinski definition) is 4. The van der Waals surface area contributed by atoms with Crippen molar-refractivity contribution in [2.75, 3.05) is 0 Å². The van der Waals surface area contributed by atoms with E-state index in [0.717, 1.165) is 18.2 Å². The van der Waals surface area contributed by atoms with Crippen molar-refractivity contribution in [1.82, 2.24) is 0 Å². The summed E-state index contributed by atoms with van der Waals surface area (Å²) in [6.45, 7) is 0. The Morgan fingerprint density at radius 3 is 2.57 bits per heavy atom. The minimum atomic E-state index is -2.19. The van der Waals surface area contributed by atoms with Gasteiger partial charge in [0.25, 0.3) is 0 Å². The Morgan fingerprint density at radius 2 is 2.07 bits per heavy atom. The molecule has 0 fully saturated rings. The lowest BCUT2D eigenvalue weighted by Crippen LogP contribution is -2.22. The average Bonchev–Trinajstić information content (AvgIpc) is 2.01. The van der Waals surface area contributed by atoms with Gasteiger partial charge in [-0.3, -0.25) is 0 Å². The lowest BCUT2D eigenvalue weighted by Gasteiger charge is -2.07. The van der Waals surface area contributed by atoms with Crippen LogP contribution in [-0.2, 0) is 0 Å². The van der Waals surface area contributed by atoms with Crippen LogP contribution in [0.25, 0.3) is 0 Å². The Bertz CT molecular complexity index is 354. The monoisotopic (exact) mass is 200 g/mol. The maximum Gasteiger partial charge on any atom is 0.707 e. The third-order valence-electron chi connectivity index (χ3n) is 1.41. The number of benzene rings is 1. The number of aromatic carboxylic acids is 1. The van der Waals surface area contributed by atoms with Gasteiger partial charge in [0.05, 0.1) is 5.56 Å². The smallest absolute Gasteiger partial charge is 0.511 e. The van der Waals surface area contributed by atoms with Gasteiger partial charge in [0, 0.05) is 6.07 Å². The maximum absolute atomic E-state index is 12.6. The molecule has 74 valence electrons. The molecule has 0 amide bonds. The van der Waals surface area contributed by atoms with E-state index in [1.165, 1.54) is 0 Å². The van der Waals surface area contributed by atoms with Gasteiger partial charge in [-0.1, -0.05) is 0 Å². The predicted molar refractivity (Wildman–Crippen MR) is 44.2 cm³/mol. The molecule has 0 unspecified atom stereocenters. The number of carboxylic acids is 1. The van der Waals surface area contributed by atoms with E-state index in [1.807, 2.05) is 0 Å². The summed E-state index contributed by atoms with van der Waals surface area (Å²) in [5, 5.41) is 25.4. The minimum absolute atomic E-state index is 0.348. The number of hydrogen-bond donors (Lipinski definition) is 3. The van der Waals surface area contributed by atoms with Gasteiger partial charge in [0.15, 0.2) is 0 Å². The highest BCUT2D eigenvalue weighted by Gasteiger charge is 2.18. The van der Waals surface area contributed by atoms with Crippen LogP contribution >= 0.6 is 0 Å². The first kappa shape index (κ1) is 10.5. The van der Waals surface area contributed by atoms with Gasteiger partial charge in [-0.05, 0) is 12.1 Å². The van der Waals surface area contributed by atoms with Crippen LogP contribution in [0.1, 0.15) is 10.4 Å². The van der Waals surface area contributed by atoms with E-state index >= 15 is 0 Å². The van der Waals surface area contributed by atoms with Crippen molar-refractivity contribution in [3.63, 3.8) is 0 Å². The van der Waals surface area contributed by atoms with Crippen molar-refractivity contribution in [3.8, 4) is 5.75 Å². The Morgan fingerprint density at radius 1 is 1.43 bits per heavy atom. The summed E-state index contributed by atoms with van der Waals surface area (Å²) >= 11 is 0. The predicted octanol–water partition coefficient (Wildman–Crippen LogP) is -0.128. The summed E-state index contributed by atoms with van der Waals surface area (Å²) in [5.41, 5.74) is -0.348. The van der Waals surface area contributed by atoms with Crippen LogP contribution in [0, 0.1) is 5.82 Å². The van der Waals surface area contributed by atoms with E-state index < -0.39 is 24.9 Å². The molecule has 0 aromatic heterocycles. The van der Waals surface area contributed by atoms with Gasteiger partial charge in [-0.15, -0.1) is 0 Å². The van der Waals surface area contributed by atoms with Crippen LogP contribution in [-0.4, -0.2) is 28.4 Å².